The van der Waals surface area contributed by atoms with Crippen LogP contribution in [-0.4, -0.2) is 67.6 Å². The van der Waals surface area contributed by atoms with Crippen molar-refractivity contribution in [3.63, 3.8) is 0 Å². The second-order valence-electron chi connectivity index (χ2n) is 7.86. The van der Waals surface area contributed by atoms with Crippen molar-refractivity contribution in [2.45, 2.75) is 33.6 Å². The third-order valence-electron chi connectivity index (χ3n) is 5.39. The molecule has 168 valence electrons. The van der Waals surface area contributed by atoms with Crippen LogP contribution in [0.15, 0.2) is 30.3 Å². The minimum atomic E-state index is -0.0706. The molecule has 0 spiro atoms. The Kier molecular flexibility index (Phi) is 8.63. The highest BCUT2D eigenvalue weighted by molar-refractivity contribution is 7.20. The first-order valence-electron chi connectivity index (χ1n) is 11.1. The van der Waals surface area contributed by atoms with Crippen LogP contribution in [0.1, 0.15) is 42.6 Å². The maximum Gasteiger partial charge on any atom is 0.257 e. The monoisotopic (exact) mass is 443 g/mol. The molecule has 0 atom stereocenters. The molecule has 0 aliphatic carbocycles. The van der Waals surface area contributed by atoms with E-state index in [9.17, 15) is 9.59 Å². The number of benzene rings is 1. The van der Waals surface area contributed by atoms with Crippen LogP contribution in [0.2, 0.25) is 0 Å². The largest absolute Gasteiger partial charge is 0.378 e. The van der Waals surface area contributed by atoms with Gasteiger partial charge in [0.25, 0.3) is 5.91 Å². The topological polar surface area (TPSA) is 61.9 Å². The van der Waals surface area contributed by atoms with Crippen LogP contribution in [-0.2, 0) is 9.53 Å². The number of morpholine rings is 1. The second-order valence-corrected chi connectivity index (χ2v) is 8.88. The van der Waals surface area contributed by atoms with Gasteiger partial charge in [0.2, 0.25) is 5.91 Å². The fourth-order valence-corrected chi connectivity index (χ4v) is 5.14. The lowest BCUT2D eigenvalue weighted by molar-refractivity contribution is -0.117. The summed E-state index contributed by atoms with van der Waals surface area (Å²) in [5.41, 5.74) is 2.58. The summed E-state index contributed by atoms with van der Waals surface area (Å²) < 4.78 is 5.41. The number of ether oxygens (including phenoxy) is 1. The molecular weight excluding hydrogens is 410 g/mol. The molecule has 6 nitrogen and oxygen atoms in total. The highest BCUT2D eigenvalue weighted by atomic mass is 32.1. The number of rotatable bonds is 9. The summed E-state index contributed by atoms with van der Waals surface area (Å²) >= 11 is 1.48. The van der Waals surface area contributed by atoms with Crippen molar-refractivity contribution in [2.24, 2.45) is 0 Å². The minimum Gasteiger partial charge on any atom is -0.378 e. The van der Waals surface area contributed by atoms with Crippen molar-refractivity contribution < 1.29 is 14.3 Å². The van der Waals surface area contributed by atoms with Crippen LogP contribution in [0.5, 0.6) is 0 Å². The molecule has 1 aliphatic rings. The number of hydrogen-bond acceptors (Lipinski definition) is 5. The first-order chi connectivity index (χ1) is 15.0. The van der Waals surface area contributed by atoms with Crippen molar-refractivity contribution in [2.75, 3.05) is 51.3 Å². The van der Waals surface area contributed by atoms with Crippen LogP contribution < -0.4 is 5.32 Å². The molecule has 0 saturated carbocycles. The van der Waals surface area contributed by atoms with Gasteiger partial charge in [0.15, 0.2) is 0 Å². The Hall–Kier alpha value is -2.22. The van der Waals surface area contributed by atoms with Crippen LogP contribution in [0.3, 0.4) is 0 Å². The predicted octanol–water partition coefficient (Wildman–Crippen LogP) is 4.26. The number of carbonyl (C=O) groups is 2. The van der Waals surface area contributed by atoms with Crippen molar-refractivity contribution in [3.8, 4) is 10.4 Å². The number of hydrogen-bond donors (Lipinski definition) is 1. The SMILES string of the molecule is CCCN(CCC)CC(=O)Nc1sc(-c2ccccc2)c(C)c1C(=O)N1CCOCC1. The molecule has 0 unspecified atom stereocenters. The third kappa shape index (κ3) is 5.93. The Morgan fingerprint density at radius 1 is 1.10 bits per heavy atom. The average Bonchev–Trinajstić information content (AvgIpc) is 3.10. The van der Waals surface area contributed by atoms with Crippen molar-refractivity contribution in [1.29, 1.82) is 0 Å². The number of thiophene rings is 1. The molecule has 2 heterocycles. The summed E-state index contributed by atoms with van der Waals surface area (Å²) in [5, 5.41) is 3.71. The molecule has 7 heteroatoms. The Labute approximate surface area is 189 Å². The maximum atomic E-state index is 13.4. The Morgan fingerprint density at radius 3 is 2.35 bits per heavy atom. The van der Waals surface area contributed by atoms with Crippen molar-refractivity contribution in [1.82, 2.24) is 9.80 Å². The normalized spacial score (nSPS) is 14.1. The van der Waals surface area contributed by atoms with Crippen LogP contribution >= 0.6 is 11.3 Å². The van der Waals surface area contributed by atoms with E-state index in [1.807, 2.05) is 42.2 Å². The number of nitrogens with zero attached hydrogens (tertiary/aromatic N) is 2. The summed E-state index contributed by atoms with van der Waals surface area (Å²) in [4.78, 5) is 31.3. The lowest BCUT2D eigenvalue weighted by Gasteiger charge is -2.27. The Balaban J connectivity index is 1.90. The quantitative estimate of drug-likeness (QED) is 0.629. The first-order valence-corrected chi connectivity index (χ1v) is 11.9. The molecule has 1 N–H and O–H groups in total. The van der Waals surface area contributed by atoms with Gasteiger partial charge in [-0.3, -0.25) is 14.5 Å². The summed E-state index contributed by atoms with van der Waals surface area (Å²) in [5.74, 6) is -0.104. The van der Waals surface area contributed by atoms with Crippen molar-refractivity contribution in [3.05, 3.63) is 41.5 Å². The van der Waals surface area contributed by atoms with Gasteiger partial charge in [0, 0.05) is 18.0 Å². The molecule has 1 aromatic carbocycles. The van der Waals surface area contributed by atoms with Crippen LogP contribution in [0.25, 0.3) is 10.4 Å². The molecule has 31 heavy (non-hydrogen) atoms. The van der Waals surface area contributed by atoms with E-state index in [-0.39, 0.29) is 11.8 Å². The Morgan fingerprint density at radius 2 is 1.74 bits per heavy atom. The van der Waals surface area contributed by atoms with E-state index in [0.29, 0.717) is 43.4 Å². The van der Waals surface area contributed by atoms with Gasteiger partial charge in [-0.05, 0) is 44.0 Å². The zero-order chi connectivity index (χ0) is 22.2. The highest BCUT2D eigenvalue weighted by Crippen LogP contribution is 2.40. The minimum absolute atomic E-state index is 0.0338. The highest BCUT2D eigenvalue weighted by Gasteiger charge is 2.28. The fourth-order valence-electron chi connectivity index (χ4n) is 3.92. The third-order valence-corrected chi connectivity index (χ3v) is 6.65. The lowest BCUT2D eigenvalue weighted by Crippen LogP contribution is -2.41. The molecule has 1 saturated heterocycles. The van der Waals surface area contributed by atoms with Gasteiger partial charge in [-0.1, -0.05) is 44.2 Å². The molecule has 0 bridgehead atoms. The standard InChI is InChI=1S/C24H33N3O3S/c1-4-11-26(12-5-2)17-20(28)25-23-21(24(29)27-13-15-30-16-14-27)18(3)22(31-23)19-9-7-6-8-10-19/h6-10H,4-5,11-17H2,1-3H3,(H,25,28). The summed E-state index contributed by atoms with van der Waals surface area (Å²) in [7, 11) is 0. The van der Waals surface area contributed by atoms with E-state index in [0.717, 1.165) is 41.9 Å². The average molecular weight is 444 g/mol. The van der Waals surface area contributed by atoms with Gasteiger partial charge in [-0.25, -0.2) is 0 Å². The molecule has 1 aliphatic heterocycles. The number of amides is 2. The van der Waals surface area contributed by atoms with E-state index < -0.39 is 0 Å². The van der Waals surface area contributed by atoms with E-state index in [2.05, 4.69) is 24.1 Å². The molecule has 2 aromatic rings. The number of anilines is 1. The summed E-state index contributed by atoms with van der Waals surface area (Å²) in [6.07, 6.45) is 2.01. The fraction of sp³-hybridized carbons (Fsp3) is 0.500. The first kappa shape index (κ1) is 23.4. The predicted molar refractivity (Wildman–Crippen MR) is 127 cm³/mol. The van der Waals surface area contributed by atoms with Crippen LogP contribution in [0.4, 0.5) is 5.00 Å². The second kappa shape index (κ2) is 11.4. The zero-order valence-corrected chi connectivity index (χ0v) is 19.6. The molecule has 1 fully saturated rings. The molecule has 2 amide bonds. The number of nitrogens with one attached hydrogen (secondary N) is 1. The lowest BCUT2D eigenvalue weighted by atomic mass is 10.1. The summed E-state index contributed by atoms with van der Waals surface area (Å²) in [6.45, 7) is 10.6. The van der Waals surface area contributed by atoms with Gasteiger partial charge < -0.3 is 15.0 Å². The molecular formula is C24H33N3O3S. The van der Waals surface area contributed by atoms with Gasteiger partial charge in [0.05, 0.1) is 25.3 Å². The summed E-state index contributed by atoms with van der Waals surface area (Å²) in [6, 6.07) is 10.0. The van der Waals surface area contributed by atoms with Gasteiger partial charge in [-0.15, -0.1) is 11.3 Å². The smallest absolute Gasteiger partial charge is 0.257 e. The Bertz CT molecular complexity index is 870. The van der Waals surface area contributed by atoms with E-state index in [1.165, 1.54) is 11.3 Å². The molecule has 1 aromatic heterocycles. The number of carbonyl (C=O) groups excluding carboxylic acids is 2. The van der Waals surface area contributed by atoms with E-state index >= 15 is 0 Å². The van der Waals surface area contributed by atoms with E-state index in [4.69, 9.17) is 4.74 Å². The molecule has 0 radical (unpaired) electrons. The van der Waals surface area contributed by atoms with Gasteiger partial charge in [0.1, 0.15) is 5.00 Å². The van der Waals surface area contributed by atoms with Gasteiger partial charge in [-0.2, -0.15) is 0 Å². The molecule has 3 rings (SSSR count). The van der Waals surface area contributed by atoms with Crippen molar-refractivity contribution >= 4 is 28.2 Å². The van der Waals surface area contributed by atoms with E-state index in [1.54, 1.807) is 0 Å². The maximum absolute atomic E-state index is 13.4. The zero-order valence-electron chi connectivity index (χ0n) is 18.8. The van der Waals surface area contributed by atoms with Gasteiger partial charge >= 0.3 is 0 Å². The van der Waals surface area contributed by atoms with Crippen LogP contribution in [0, 0.1) is 6.92 Å².